The van der Waals surface area contributed by atoms with Crippen molar-refractivity contribution < 1.29 is 9.53 Å². The summed E-state index contributed by atoms with van der Waals surface area (Å²) in [7, 11) is 0. The van der Waals surface area contributed by atoms with Crippen molar-refractivity contribution >= 4 is 6.09 Å². The van der Waals surface area contributed by atoms with Gasteiger partial charge in [0.05, 0.1) is 6.61 Å². The van der Waals surface area contributed by atoms with E-state index in [9.17, 15) is 4.79 Å². The van der Waals surface area contributed by atoms with E-state index in [4.69, 9.17) is 4.74 Å². The van der Waals surface area contributed by atoms with Crippen LogP contribution in [0.4, 0.5) is 4.79 Å². The van der Waals surface area contributed by atoms with E-state index in [1.807, 2.05) is 0 Å². The molecule has 0 spiro atoms. The highest BCUT2D eigenvalue weighted by molar-refractivity contribution is 5.67. The minimum atomic E-state index is -0.144. The van der Waals surface area contributed by atoms with Gasteiger partial charge in [-0.15, -0.1) is 0 Å². The smallest absolute Gasteiger partial charge is 0.409 e. The second-order valence-corrected chi connectivity index (χ2v) is 3.91. The van der Waals surface area contributed by atoms with Crippen LogP contribution in [-0.2, 0) is 4.74 Å². The summed E-state index contributed by atoms with van der Waals surface area (Å²) in [5, 5.41) is 3.26. The lowest BCUT2D eigenvalue weighted by Crippen LogP contribution is -2.34. The highest BCUT2D eigenvalue weighted by Gasteiger charge is 2.15. The van der Waals surface area contributed by atoms with Crippen LogP contribution in [0.15, 0.2) is 0 Å². The standard InChI is InChI=1S/C11H22N2O2/c1-2-3-4-10-15-11(14)13-8-5-6-12-7-9-13/h12H,2-10H2,1H3. The van der Waals surface area contributed by atoms with E-state index < -0.39 is 0 Å². The Hall–Kier alpha value is -0.770. The van der Waals surface area contributed by atoms with Gasteiger partial charge in [-0.25, -0.2) is 4.79 Å². The van der Waals surface area contributed by atoms with Crippen molar-refractivity contribution in [1.82, 2.24) is 10.2 Å². The average Bonchev–Trinajstić information content (AvgIpc) is 2.52. The van der Waals surface area contributed by atoms with E-state index in [-0.39, 0.29) is 6.09 Å². The molecule has 15 heavy (non-hydrogen) atoms. The molecule has 88 valence electrons. The molecule has 1 fully saturated rings. The van der Waals surface area contributed by atoms with E-state index in [2.05, 4.69) is 12.2 Å². The number of carbonyl (C=O) groups is 1. The summed E-state index contributed by atoms with van der Waals surface area (Å²) in [6.07, 6.45) is 4.15. The lowest BCUT2D eigenvalue weighted by molar-refractivity contribution is 0.103. The first-order chi connectivity index (χ1) is 7.34. The fourth-order valence-electron chi connectivity index (χ4n) is 1.63. The lowest BCUT2D eigenvalue weighted by Gasteiger charge is -2.19. The van der Waals surface area contributed by atoms with Crippen LogP contribution in [0.3, 0.4) is 0 Å². The molecule has 1 rings (SSSR count). The van der Waals surface area contributed by atoms with Gasteiger partial charge in [0.2, 0.25) is 0 Å². The summed E-state index contributed by atoms with van der Waals surface area (Å²) >= 11 is 0. The molecule has 1 amide bonds. The van der Waals surface area contributed by atoms with Crippen LogP contribution < -0.4 is 5.32 Å². The summed E-state index contributed by atoms with van der Waals surface area (Å²) in [6.45, 7) is 6.18. The molecule has 0 unspecified atom stereocenters. The first kappa shape index (κ1) is 12.3. The van der Waals surface area contributed by atoms with Crippen LogP contribution in [0.2, 0.25) is 0 Å². The Morgan fingerprint density at radius 3 is 3.00 bits per heavy atom. The van der Waals surface area contributed by atoms with Crippen LogP contribution in [0.25, 0.3) is 0 Å². The van der Waals surface area contributed by atoms with Crippen LogP contribution in [0.1, 0.15) is 32.6 Å². The fraction of sp³-hybridized carbons (Fsp3) is 0.909. The van der Waals surface area contributed by atoms with Gasteiger partial charge in [0, 0.05) is 19.6 Å². The monoisotopic (exact) mass is 214 g/mol. The molecule has 1 aliphatic rings. The van der Waals surface area contributed by atoms with Gasteiger partial charge in [-0.05, 0) is 19.4 Å². The third kappa shape index (κ3) is 5.02. The molecular weight excluding hydrogens is 192 g/mol. The minimum absolute atomic E-state index is 0.144. The Kier molecular flexibility index (Phi) is 6.16. The first-order valence-corrected chi connectivity index (χ1v) is 5.97. The van der Waals surface area contributed by atoms with Crippen LogP contribution in [0.5, 0.6) is 0 Å². The summed E-state index contributed by atoms with van der Waals surface area (Å²) in [6, 6.07) is 0. The number of carbonyl (C=O) groups excluding carboxylic acids is 1. The van der Waals surface area contributed by atoms with Crippen LogP contribution in [0, 0.1) is 0 Å². The van der Waals surface area contributed by atoms with Crippen molar-refractivity contribution in [2.75, 3.05) is 32.8 Å². The maximum absolute atomic E-state index is 11.6. The number of nitrogens with one attached hydrogen (secondary N) is 1. The zero-order valence-corrected chi connectivity index (χ0v) is 9.63. The molecule has 1 N–H and O–H groups in total. The Morgan fingerprint density at radius 2 is 2.20 bits per heavy atom. The molecule has 0 aromatic rings. The Balaban J connectivity index is 2.14. The van der Waals surface area contributed by atoms with Gasteiger partial charge in [0.1, 0.15) is 0 Å². The first-order valence-electron chi connectivity index (χ1n) is 5.97. The van der Waals surface area contributed by atoms with Crippen molar-refractivity contribution in [3.63, 3.8) is 0 Å². The average molecular weight is 214 g/mol. The molecule has 0 aliphatic carbocycles. The topological polar surface area (TPSA) is 41.6 Å². The number of rotatable bonds is 4. The van der Waals surface area contributed by atoms with E-state index in [0.717, 1.165) is 51.9 Å². The quantitative estimate of drug-likeness (QED) is 0.723. The van der Waals surface area contributed by atoms with Crippen LogP contribution in [-0.4, -0.2) is 43.8 Å². The largest absolute Gasteiger partial charge is 0.449 e. The number of amides is 1. The van der Waals surface area contributed by atoms with Gasteiger partial charge in [0.25, 0.3) is 0 Å². The third-order valence-electron chi connectivity index (χ3n) is 2.57. The molecule has 0 radical (unpaired) electrons. The number of hydrogen-bond donors (Lipinski definition) is 1. The predicted octanol–water partition coefficient (Wildman–Crippen LogP) is 1.61. The molecule has 0 aromatic heterocycles. The molecule has 0 aromatic carbocycles. The number of unbranched alkanes of at least 4 members (excludes halogenated alkanes) is 2. The van der Waals surface area contributed by atoms with Gasteiger partial charge in [-0.1, -0.05) is 19.8 Å². The Bertz CT molecular complexity index is 177. The van der Waals surface area contributed by atoms with Crippen molar-refractivity contribution in [2.45, 2.75) is 32.6 Å². The molecule has 1 heterocycles. The van der Waals surface area contributed by atoms with Crippen molar-refractivity contribution in [2.24, 2.45) is 0 Å². The molecule has 4 nitrogen and oxygen atoms in total. The number of nitrogens with zero attached hydrogens (tertiary/aromatic N) is 1. The number of hydrogen-bond acceptors (Lipinski definition) is 3. The molecule has 0 atom stereocenters. The molecule has 0 bridgehead atoms. The third-order valence-corrected chi connectivity index (χ3v) is 2.57. The van der Waals surface area contributed by atoms with Crippen molar-refractivity contribution in [1.29, 1.82) is 0 Å². The van der Waals surface area contributed by atoms with E-state index in [1.165, 1.54) is 0 Å². The highest BCUT2D eigenvalue weighted by Crippen LogP contribution is 2.01. The second kappa shape index (κ2) is 7.51. The van der Waals surface area contributed by atoms with Gasteiger partial charge >= 0.3 is 6.09 Å². The highest BCUT2D eigenvalue weighted by atomic mass is 16.6. The van der Waals surface area contributed by atoms with Crippen molar-refractivity contribution in [3.05, 3.63) is 0 Å². The zero-order chi connectivity index (χ0) is 10.9. The molecule has 1 saturated heterocycles. The molecule has 0 saturated carbocycles. The molecule has 4 heteroatoms. The zero-order valence-electron chi connectivity index (χ0n) is 9.63. The summed E-state index contributed by atoms with van der Waals surface area (Å²) in [4.78, 5) is 13.4. The van der Waals surface area contributed by atoms with Gasteiger partial charge in [-0.3, -0.25) is 0 Å². The SMILES string of the molecule is CCCCCOC(=O)N1CCCNCC1. The van der Waals surface area contributed by atoms with Gasteiger partial charge in [0.15, 0.2) is 0 Å². The maximum atomic E-state index is 11.6. The van der Waals surface area contributed by atoms with E-state index in [0.29, 0.717) is 6.61 Å². The molecular formula is C11H22N2O2. The Labute approximate surface area is 92.0 Å². The maximum Gasteiger partial charge on any atom is 0.409 e. The molecule has 1 aliphatic heterocycles. The van der Waals surface area contributed by atoms with Gasteiger partial charge < -0.3 is 15.0 Å². The van der Waals surface area contributed by atoms with E-state index in [1.54, 1.807) is 4.90 Å². The normalized spacial score (nSPS) is 17.3. The summed E-state index contributed by atoms with van der Waals surface area (Å²) < 4.78 is 5.20. The lowest BCUT2D eigenvalue weighted by atomic mass is 10.3. The number of ether oxygens (including phenoxy) is 1. The summed E-state index contributed by atoms with van der Waals surface area (Å²) in [5.74, 6) is 0. The van der Waals surface area contributed by atoms with Crippen LogP contribution >= 0.6 is 0 Å². The second-order valence-electron chi connectivity index (χ2n) is 3.91. The summed E-state index contributed by atoms with van der Waals surface area (Å²) in [5.41, 5.74) is 0. The predicted molar refractivity (Wildman–Crippen MR) is 59.9 cm³/mol. The fourth-order valence-corrected chi connectivity index (χ4v) is 1.63. The van der Waals surface area contributed by atoms with Gasteiger partial charge in [-0.2, -0.15) is 0 Å². The Morgan fingerprint density at radius 1 is 1.33 bits per heavy atom. The minimum Gasteiger partial charge on any atom is -0.449 e. The van der Waals surface area contributed by atoms with E-state index >= 15 is 0 Å². The van der Waals surface area contributed by atoms with Crippen molar-refractivity contribution in [3.8, 4) is 0 Å².